The zero-order valence-electron chi connectivity index (χ0n) is 11.8. The Morgan fingerprint density at radius 3 is 2.76 bits per heavy atom. The van der Waals surface area contributed by atoms with Crippen molar-refractivity contribution < 1.29 is 9.90 Å². The maximum Gasteiger partial charge on any atom is 0.330 e. The number of hydrogen-bond acceptors (Lipinski definition) is 5. The van der Waals surface area contributed by atoms with E-state index in [1.54, 1.807) is 18.3 Å². The van der Waals surface area contributed by atoms with Crippen molar-refractivity contribution in [2.75, 3.05) is 0 Å². The van der Waals surface area contributed by atoms with Crippen molar-refractivity contribution in [2.24, 2.45) is 11.5 Å². The van der Waals surface area contributed by atoms with Gasteiger partial charge in [0.25, 0.3) is 0 Å². The molecule has 2 atom stereocenters. The SMILES string of the molecule is CCCC(N)C(N)(C(=O)O)c1ccccc1-c1nccs1. The van der Waals surface area contributed by atoms with E-state index in [0.717, 1.165) is 17.0 Å². The van der Waals surface area contributed by atoms with E-state index in [0.29, 0.717) is 12.0 Å². The number of nitrogens with zero attached hydrogens (tertiary/aromatic N) is 1. The molecule has 0 fully saturated rings. The van der Waals surface area contributed by atoms with Crippen molar-refractivity contribution in [3.63, 3.8) is 0 Å². The second-order valence-electron chi connectivity index (χ2n) is 4.95. The average Bonchev–Trinajstić information content (AvgIpc) is 3.00. The van der Waals surface area contributed by atoms with Gasteiger partial charge in [-0.1, -0.05) is 37.6 Å². The van der Waals surface area contributed by atoms with Crippen LogP contribution in [0, 0.1) is 0 Å². The van der Waals surface area contributed by atoms with Crippen molar-refractivity contribution in [1.29, 1.82) is 0 Å². The van der Waals surface area contributed by atoms with Gasteiger partial charge in [0.2, 0.25) is 0 Å². The van der Waals surface area contributed by atoms with Gasteiger partial charge in [-0.3, -0.25) is 0 Å². The molecule has 0 radical (unpaired) electrons. The van der Waals surface area contributed by atoms with Crippen LogP contribution in [-0.2, 0) is 10.3 Å². The Morgan fingerprint density at radius 2 is 2.19 bits per heavy atom. The lowest BCUT2D eigenvalue weighted by Gasteiger charge is -2.32. The smallest absolute Gasteiger partial charge is 0.330 e. The second kappa shape index (κ2) is 6.34. The molecular formula is C15H19N3O2S. The first kappa shape index (κ1) is 15.6. The molecule has 0 aliphatic carbocycles. The van der Waals surface area contributed by atoms with Crippen LogP contribution in [0.25, 0.3) is 10.6 Å². The third-order valence-corrected chi connectivity index (χ3v) is 4.38. The van der Waals surface area contributed by atoms with Crippen molar-refractivity contribution in [3.8, 4) is 10.6 Å². The number of hydrogen-bond donors (Lipinski definition) is 3. The molecule has 5 N–H and O–H groups in total. The molecule has 0 aliphatic heterocycles. The van der Waals surface area contributed by atoms with Gasteiger partial charge in [0, 0.05) is 23.2 Å². The molecule has 0 spiro atoms. The molecule has 21 heavy (non-hydrogen) atoms. The van der Waals surface area contributed by atoms with E-state index in [1.807, 2.05) is 24.4 Å². The molecule has 1 heterocycles. The Balaban J connectivity index is 2.59. The average molecular weight is 305 g/mol. The van der Waals surface area contributed by atoms with Gasteiger partial charge in [-0.05, 0) is 12.0 Å². The van der Waals surface area contributed by atoms with E-state index < -0.39 is 17.6 Å². The number of carboxylic acid groups (broad SMARTS) is 1. The summed E-state index contributed by atoms with van der Waals surface area (Å²) in [7, 11) is 0. The lowest BCUT2D eigenvalue weighted by atomic mass is 9.80. The first-order chi connectivity index (χ1) is 10.0. The molecule has 5 nitrogen and oxygen atoms in total. The first-order valence-electron chi connectivity index (χ1n) is 6.79. The van der Waals surface area contributed by atoms with E-state index in [9.17, 15) is 9.90 Å². The highest BCUT2D eigenvalue weighted by atomic mass is 32.1. The molecule has 2 unspecified atom stereocenters. The van der Waals surface area contributed by atoms with Crippen LogP contribution in [0.4, 0.5) is 0 Å². The molecule has 2 aromatic rings. The quantitative estimate of drug-likeness (QED) is 0.759. The molecule has 0 saturated carbocycles. The molecule has 0 amide bonds. The lowest BCUT2D eigenvalue weighted by molar-refractivity contribution is -0.144. The molecule has 2 rings (SSSR count). The normalized spacial score (nSPS) is 15.4. The zero-order chi connectivity index (χ0) is 15.5. The molecule has 0 saturated heterocycles. The van der Waals surface area contributed by atoms with E-state index in [2.05, 4.69) is 4.98 Å². The van der Waals surface area contributed by atoms with Crippen LogP contribution < -0.4 is 11.5 Å². The molecule has 6 heteroatoms. The van der Waals surface area contributed by atoms with Gasteiger partial charge in [-0.2, -0.15) is 0 Å². The van der Waals surface area contributed by atoms with Crippen molar-refractivity contribution in [2.45, 2.75) is 31.3 Å². The topological polar surface area (TPSA) is 102 Å². The number of aliphatic carboxylic acids is 1. The fourth-order valence-corrected chi connectivity index (χ4v) is 3.08. The van der Waals surface area contributed by atoms with Crippen LogP contribution in [0.2, 0.25) is 0 Å². The number of carbonyl (C=O) groups is 1. The summed E-state index contributed by atoms with van der Waals surface area (Å²) in [6.07, 6.45) is 2.99. The van der Waals surface area contributed by atoms with Gasteiger partial charge in [0.15, 0.2) is 5.54 Å². The Kier molecular flexibility index (Phi) is 4.72. The number of aromatic nitrogens is 1. The number of thiazole rings is 1. The van der Waals surface area contributed by atoms with Crippen molar-refractivity contribution >= 4 is 17.3 Å². The van der Waals surface area contributed by atoms with Crippen molar-refractivity contribution in [1.82, 2.24) is 4.98 Å². The van der Waals surface area contributed by atoms with E-state index in [-0.39, 0.29) is 0 Å². The number of rotatable bonds is 6. The van der Waals surface area contributed by atoms with E-state index in [4.69, 9.17) is 11.5 Å². The third-order valence-electron chi connectivity index (χ3n) is 3.57. The van der Waals surface area contributed by atoms with Gasteiger partial charge in [0.1, 0.15) is 5.01 Å². The summed E-state index contributed by atoms with van der Waals surface area (Å²) in [6, 6.07) is 6.50. The van der Waals surface area contributed by atoms with E-state index >= 15 is 0 Å². The highest BCUT2D eigenvalue weighted by molar-refractivity contribution is 7.13. The number of carboxylic acids is 1. The molecule has 1 aromatic heterocycles. The molecule has 0 bridgehead atoms. The molecule has 0 aliphatic rings. The monoisotopic (exact) mass is 305 g/mol. The summed E-state index contributed by atoms with van der Waals surface area (Å²) in [6.45, 7) is 1.95. The highest BCUT2D eigenvalue weighted by Crippen LogP contribution is 2.34. The summed E-state index contributed by atoms with van der Waals surface area (Å²) in [4.78, 5) is 16.1. The minimum absolute atomic E-state index is 0.508. The molecular weight excluding hydrogens is 286 g/mol. The van der Waals surface area contributed by atoms with Gasteiger partial charge < -0.3 is 16.6 Å². The van der Waals surface area contributed by atoms with Crippen LogP contribution >= 0.6 is 11.3 Å². The lowest BCUT2D eigenvalue weighted by Crippen LogP contribution is -2.58. The van der Waals surface area contributed by atoms with Gasteiger partial charge in [-0.15, -0.1) is 11.3 Å². The third kappa shape index (κ3) is 2.83. The molecule has 1 aromatic carbocycles. The largest absolute Gasteiger partial charge is 0.480 e. The van der Waals surface area contributed by atoms with E-state index in [1.165, 1.54) is 11.3 Å². The standard InChI is InChI=1S/C15H19N3O2S/c1-2-5-12(16)15(17,14(19)20)11-7-4-3-6-10(11)13-18-8-9-21-13/h3-4,6-9,12H,2,5,16-17H2,1H3,(H,19,20). The maximum atomic E-state index is 11.8. The predicted octanol–water partition coefficient (Wildman–Crippen LogP) is 2.18. The minimum Gasteiger partial charge on any atom is -0.480 e. The summed E-state index contributed by atoms with van der Waals surface area (Å²) in [5.74, 6) is -1.12. The first-order valence-corrected chi connectivity index (χ1v) is 7.67. The zero-order valence-corrected chi connectivity index (χ0v) is 12.6. The Labute approximate surface area is 127 Å². The summed E-state index contributed by atoms with van der Waals surface area (Å²) < 4.78 is 0. The van der Waals surface area contributed by atoms with Crippen LogP contribution in [0.5, 0.6) is 0 Å². The van der Waals surface area contributed by atoms with Crippen LogP contribution in [-0.4, -0.2) is 22.1 Å². The van der Waals surface area contributed by atoms with Crippen LogP contribution in [0.3, 0.4) is 0 Å². The predicted molar refractivity (Wildman–Crippen MR) is 83.9 cm³/mol. The Morgan fingerprint density at radius 1 is 1.48 bits per heavy atom. The van der Waals surface area contributed by atoms with Crippen LogP contribution in [0.15, 0.2) is 35.8 Å². The van der Waals surface area contributed by atoms with Gasteiger partial charge in [-0.25, -0.2) is 9.78 Å². The minimum atomic E-state index is -1.63. The Bertz CT molecular complexity index is 615. The van der Waals surface area contributed by atoms with Gasteiger partial charge >= 0.3 is 5.97 Å². The second-order valence-corrected chi connectivity index (χ2v) is 5.85. The fraction of sp³-hybridized carbons (Fsp3) is 0.333. The van der Waals surface area contributed by atoms with Crippen molar-refractivity contribution in [3.05, 3.63) is 41.4 Å². The Hall–Kier alpha value is -1.76. The highest BCUT2D eigenvalue weighted by Gasteiger charge is 2.43. The van der Waals surface area contributed by atoms with Crippen LogP contribution in [0.1, 0.15) is 25.3 Å². The number of benzene rings is 1. The molecule has 112 valence electrons. The number of nitrogens with two attached hydrogens (primary N) is 2. The summed E-state index contributed by atoms with van der Waals surface area (Å²) in [5, 5.41) is 12.3. The summed E-state index contributed by atoms with van der Waals surface area (Å²) in [5.41, 5.74) is 12.0. The summed E-state index contributed by atoms with van der Waals surface area (Å²) >= 11 is 1.44. The van der Waals surface area contributed by atoms with Gasteiger partial charge in [0.05, 0.1) is 0 Å². The fourth-order valence-electron chi connectivity index (χ4n) is 2.40. The maximum absolute atomic E-state index is 11.8.